The molecule has 2 rings (SSSR count). The van der Waals surface area contributed by atoms with E-state index in [0.29, 0.717) is 6.42 Å². The Kier molecular flexibility index (Phi) is 2.09. The first-order valence-electron chi connectivity index (χ1n) is 4.56. The summed E-state index contributed by atoms with van der Waals surface area (Å²) < 4.78 is 0. The minimum atomic E-state index is -0.496. The summed E-state index contributed by atoms with van der Waals surface area (Å²) in [7, 11) is 0. The second-order valence-electron chi connectivity index (χ2n) is 3.50. The maximum atomic E-state index is 6.19. The summed E-state index contributed by atoms with van der Waals surface area (Å²) >= 11 is 0. The summed E-state index contributed by atoms with van der Waals surface area (Å²) in [5.41, 5.74) is 13.0. The van der Waals surface area contributed by atoms with Crippen LogP contribution in [0.5, 0.6) is 0 Å². The maximum absolute atomic E-state index is 6.19. The van der Waals surface area contributed by atoms with E-state index >= 15 is 0 Å². The fourth-order valence-corrected chi connectivity index (χ4v) is 1.50. The number of rotatable bonds is 1. The van der Waals surface area contributed by atoms with Crippen LogP contribution in [0.4, 0.5) is 0 Å². The molecule has 0 saturated carbocycles. The molecule has 0 radical (unpaired) electrons. The summed E-state index contributed by atoms with van der Waals surface area (Å²) in [5, 5.41) is 0. The first-order chi connectivity index (χ1) is 6.71. The number of hydrogen-bond donors (Lipinski definition) is 2. The van der Waals surface area contributed by atoms with Crippen molar-refractivity contribution in [2.45, 2.75) is 12.0 Å². The van der Waals surface area contributed by atoms with Crippen molar-refractivity contribution in [1.29, 1.82) is 0 Å². The van der Waals surface area contributed by atoms with Crippen molar-refractivity contribution in [2.24, 2.45) is 11.5 Å². The van der Waals surface area contributed by atoms with Crippen LogP contribution in [-0.2, 0) is 5.54 Å². The van der Waals surface area contributed by atoms with Crippen molar-refractivity contribution in [2.75, 3.05) is 0 Å². The summed E-state index contributed by atoms with van der Waals surface area (Å²) in [6.45, 7) is 0. The fraction of sp³-hybridized carbons (Fsp3) is 0.182. The zero-order valence-electron chi connectivity index (χ0n) is 7.85. The summed E-state index contributed by atoms with van der Waals surface area (Å²) in [6, 6.07) is 5.75. The Labute approximate surface area is 83.1 Å². The van der Waals surface area contributed by atoms with Gasteiger partial charge in [-0.05, 0) is 24.6 Å². The van der Waals surface area contributed by atoms with Crippen LogP contribution in [-0.4, -0.2) is 4.98 Å². The van der Waals surface area contributed by atoms with Gasteiger partial charge in [-0.15, -0.1) is 0 Å². The molecule has 3 nitrogen and oxygen atoms in total. The van der Waals surface area contributed by atoms with Crippen molar-refractivity contribution in [3.05, 3.63) is 54.0 Å². The minimum absolute atomic E-state index is 0.496. The lowest BCUT2D eigenvalue weighted by Gasteiger charge is -2.26. The highest BCUT2D eigenvalue weighted by Gasteiger charge is 2.26. The highest BCUT2D eigenvalue weighted by atomic mass is 14.8. The standard InChI is InChI=1S/C11H13N3/c12-9-4-6-11(13,7-5-9)10-3-1-2-8-14-10/h1-6,8H,7,12-13H2. The smallest absolute Gasteiger partial charge is 0.0808 e. The molecule has 3 heteroatoms. The van der Waals surface area contributed by atoms with E-state index in [0.717, 1.165) is 11.4 Å². The Morgan fingerprint density at radius 2 is 2.21 bits per heavy atom. The van der Waals surface area contributed by atoms with E-state index in [2.05, 4.69) is 4.98 Å². The van der Waals surface area contributed by atoms with Gasteiger partial charge in [-0.25, -0.2) is 0 Å². The number of aromatic nitrogens is 1. The van der Waals surface area contributed by atoms with E-state index in [-0.39, 0.29) is 0 Å². The summed E-state index contributed by atoms with van der Waals surface area (Å²) in [6.07, 6.45) is 8.11. The maximum Gasteiger partial charge on any atom is 0.0808 e. The molecule has 1 aromatic heterocycles. The third-order valence-corrected chi connectivity index (χ3v) is 2.39. The molecule has 72 valence electrons. The van der Waals surface area contributed by atoms with Crippen LogP contribution in [0.2, 0.25) is 0 Å². The molecule has 4 N–H and O–H groups in total. The lowest BCUT2D eigenvalue weighted by molar-refractivity contribution is 0.543. The van der Waals surface area contributed by atoms with Crippen LogP contribution >= 0.6 is 0 Å². The van der Waals surface area contributed by atoms with E-state index in [4.69, 9.17) is 11.5 Å². The summed E-state index contributed by atoms with van der Waals surface area (Å²) in [5.74, 6) is 0. The van der Waals surface area contributed by atoms with Crippen molar-refractivity contribution in [3.8, 4) is 0 Å². The second kappa shape index (κ2) is 3.27. The SMILES string of the molecule is NC1=CCC(N)(c2ccccn2)C=C1. The largest absolute Gasteiger partial charge is 0.399 e. The second-order valence-corrected chi connectivity index (χ2v) is 3.50. The van der Waals surface area contributed by atoms with Gasteiger partial charge >= 0.3 is 0 Å². The first-order valence-corrected chi connectivity index (χ1v) is 4.56. The van der Waals surface area contributed by atoms with Crippen LogP contribution in [0.15, 0.2) is 48.3 Å². The molecule has 1 aliphatic rings. The molecular weight excluding hydrogens is 174 g/mol. The van der Waals surface area contributed by atoms with Crippen LogP contribution in [0.1, 0.15) is 12.1 Å². The molecule has 0 aromatic carbocycles. The normalized spacial score (nSPS) is 25.9. The third-order valence-electron chi connectivity index (χ3n) is 2.39. The molecule has 0 bridgehead atoms. The van der Waals surface area contributed by atoms with Crippen molar-refractivity contribution >= 4 is 0 Å². The molecule has 0 spiro atoms. The van der Waals surface area contributed by atoms with Gasteiger partial charge in [0.05, 0.1) is 11.2 Å². The van der Waals surface area contributed by atoms with E-state index in [1.807, 2.05) is 36.4 Å². The lowest BCUT2D eigenvalue weighted by atomic mass is 9.88. The molecule has 1 unspecified atom stereocenters. The van der Waals surface area contributed by atoms with E-state index in [1.54, 1.807) is 6.20 Å². The quantitative estimate of drug-likeness (QED) is 0.690. The predicted octanol–water partition coefficient (Wildman–Crippen LogP) is 1.04. The molecule has 0 saturated heterocycles. The molecule has 0 fully saturated rings. The van der Waals surface area contributed by atoms with Crippen molar-refractivity contribution in [1.82, 2.24) is 4.98 Å². The molecule has 14 heavy (non-hydrogen) atoms. The van der Waals surface area contributed by atoms with Gasteiger partial charge in [-0.2, -0.15) is 0 Å². The van der Waals surface area contributed by atoms with E-state index in [1.165, 1.54) is 0 Å². The highest BCUT2D eigenvalue weighted by molar-refractivity contribution is 5.32. The van der Waals surface area contributed by atoms with E-state index in [9.17, 15) is 0 Å². The molecule has 1 atom stereocenters. The zero-order chi connectivity index (χ0) is 10.0. The number of hydrogen-bond acceptors (Lipinski definition) is 3. The van der Waals surface area contributed by atoms with Crippen molar-refractivity contribution < 1.29 is 0 Å². The van der Waals surface area contributed by atoms with Gasteiger partial charge in [-0.3, -0.25) is 4.98 Å². The molecule has 0 amide bonds. The fourth-order valence-electron chi connectivity index (χ4n) is 1.50. The number of pyridine rings is 1. The zero-order valence-corrected chi connectivity index (χ0v) is 7.85. The molecule has 1 heterocycles. The predicted molar refractivity (Wildman–Crippen MR) is 56.1 cm³/mol. The Hall–Kier alpha value is -1.61. The monoisotopic (exact) mass is 187 g/mol. The van der Waals surface area contributed by atoms with Gasteiger partial charge in [0, 0.05) is 11.9 Å². The van der Waals surface area contributed by atoms with Crippen molar-refractivity contribution in [3.63, 3.8) is 0 Å². The number of allylic oxidation sites excluding steroid dienone is 1. The molecular formula is C11H13N3. The van der Waals surface area contributed by atoms with E-state index < -0.39 is 5.54 Å². The lowest BCUT2D eigenvalue weighted by Crippen LogP contribution is -2.36. The van der Waals surface area contributed by atoms with Gasteiger partial charge in [0.15, 0.2) is 0 Å². The Bertz CT molecular complexity index is 381. The average Bonchev–Trinajstić information content (AvgIpc) is 2.24. The van der Waals surface area contributed by atoms with Crippen LogP contribution in [0.25, 0.3) is 0 Å². The van der Waals surface area contributed by atoms with Crippen LogP contribution in [0, 0.1) is 0 Å². The highest BCUT2D eigenvalue weighted by Crippen LogP contribution is 2.25. The van der Waals surface area contributed by atoms with Gasteiger partial charge in [0.25, 0.3) is 0 Å². The minimum Gasteiger partial charge on any atom is -0.399 e. The number of nitrogens with two attached hydrogens (primary N) is 2. The third kappa shape index (κ3) is 1.54. The summed E-state index contributed by atoms with van der Waals surface area (Å²) in [4.78, 5) is 4.25. The molecule has 1 aliphatic carbocycles. The van der Waals surface area contributed by atoms with Gasteiger partial charge in [0.1, 0.15) is 0 Å². The Morgan fingerprint density at radius 3 is 2.79 bits per heavy atom. The number of nitrogens with zero attached hydrogens (tertiary/aromatic N) is 1. The topological polar surface area (TPSA) is 64.9 Å². The van der Waals surface area contributed by atoms with Gasteiger partial charge in [0.2, 0.25) is 0 Å². The molecule has 1 aromatic rings. The van der Waals surface area contributed by atoms with Crippen LogP contribution < -0.4 is 11.5 Å². The average molecular weight is 187 g/mol. The first kappa shape index (κ1) is 8.97. The Morgan fingerprint density at radius 1 is 1.36 bits per heavy atom. The molecule has 0 aliphatic heterocycles. The Balaban J connectivity index is 2.32. The van der Waals surface area contributed by atoms with Crippen LogP contribution in [0.3, 0.4) is 0 Å². The van der Waals surface area contributed by atoms with Gasteiger partial charge in [-0.1, -0.05) is 18.2 Å². The van der Waals surface area contributed by atoms with Gasteiger partial charge < -0.3 is 11.5 Å².